The fourth-order valence-corrected chi connectivity index (χ4v) is 2.96. The minimum atomic E-state index is -0.157. The molecule has 1 aliphatic rings. The third-order valence-corrected chi connectivity index (χ3v) is 4.65. The highest BCUT2D eigenvalue weighted by Crippen LogP contribution is 2.47. The maximum atomic E-state index is 12.0. The molecule has 1 N–H and O–H groups in total. The smallest absolute Gasteiger partial charge is 0.244 e. The van der Waals surface area contributed by atoms with Gasteiger partial charge in [-0.25, -0.2) is 4.68 Å². The van der Waals surface area contributed by atoms with E-state index < -0.39 is 0 Å². The van der Waals surface area contributed by atoms with Crippen LogP contribution >= 0.6 is 0 Å². The fourth-order valence-electron chi connectivity index (χ4n) is 2.96. The molecule has 1 fully saturated rings. The average Bonchev–Trinajstić information content (AvgIpc) is 3.07. The Hall–Kier alpha value is -3.08. The summed E-state index contributed by atoms with van der Waals surface area (Å²) in [6, 6.07) is 13.8. The van der Waals surface area contributed by atoms with Gasteiger partial charge in [-0.15, -0.1) is 0 Å². The summed E-state index contributed by atoms with van der Waals surface area (Å²) in [6.07, 6.45) is 8.06. The summed E-state index contributed by atoms with van der Waals surface area (Å²) in [5.74, 6) is 2.83. The summed E-state index contributed by atoms with van der Waals surface area (Å²) in [5, 5.41) is 7.18. The van der Waals surface area contributed by atoms with E-state index in [0.29, 0.717) is 24.1 Å². The number of aromatic nitrogens is 2. The molecule has 2 atom stereocenters. The number of amides is 1. The third-order valence-electron chi connectivity index (χ3n) is 4.65. The van der Waals surface area contributed by atoms with Crippen molar-refractivity contribution in [2.75, 3.05) is 0 Å². The van der Waals surface area contributed by atoms with E-state index in [4.69, 9.17) is 4.42 Å². The van der Waals surface area contributed by atoms with Crippen LogP contribution in [0.4, 0.5) is 0 Å². The van der Waals surface area contributed by atoms with Crippen LogP contribution < -0.4 is 5.32 Å². The fraction of sp³-hybridized carbons (Fsp3) is 0.238. The van der Waals surface area contributed by atoms with Gasteiger partial charge in [-0.3, -0.25) is 4.79 Å². The second kappa shape index (κ2) is 7.04. The van der Waals surface area contributed by atoms with E-state index in [1.54, 1.807) is 17.0 Å². The normalized spacial score (nSPS) is 19.0. The van der Waals surface area contributed by atoms with Crippen molar-refractivity contribution in [2.45, 2.75) is 25.8 Å². The molecule has 0 radical (unpaired) electrons. The van der Waals surface area contributed by atoms with Crippen LogP contribution in [-0.4, -0.2) is 15.7 Å². The predicted molar refractivity (Wildman–Crippen MR) is 99.7 cm³/mol. The summed E-state index contributed by atoms with van der Waals surface area (Å²) < 4.78 is 7.56. The number of benzene rings is 1. The first-order chi connectivity index (χ1) is 12.7. The number of carbonyl (C=O) groups is 1. The minimum Gasteiger partial charge on any atom is -0.461 e. The SMILES string of the molecule is CC1CC1c1ccc(/C=C/C(=O)NCc2cnn(-c3ccccc3)c2)o1. The molecule has 26 heavy (non-hydrogen) atoms. The van der Waals surface area contributed by atoms with Crippen molar-refractivity contribution in [2.24, 2.45) is 5.92 Å². The van der Waals surface area contributed by atoms with Gasteiger partial charge in [-0.05, 0) is 42.7 Å². The topological polar surface area (TPSA) is 60.1 Å². The van der Waals surface area contributed by atoms with Gasteiger partial charge in [0.2, 0.25) is 5.91 Å². The van der Waals surface area contributed by atoms with Gasteiger partial charge in [0.05, 0.1) is 11.9 Å². The van der Waals surface area contributed by atoms with E-state index in [1.807, 2.05) is 48.7 Å². The summed E-state index contributed by atoms with van der Waals surface area (Å²) in [6.45, 7) is 2.65. The van der Waals surface area contributed by atoms with E-state index in [0.717, 1.165) is 17.0 Å². The number of rotatable bonds is 6. The number of hydrogen-bond acceptors (Lipinski definition) is 3. The van der Waals surface area contributed by atoms with Crippen LogP contribution in [0.25, 0.3) is 11.8 Å². The first-order valence-electron chi connectivity index (χ1n) is 8.83. The molecule has 0 saturated heterocycles. The van der Waals surface area contributed by atoms with Crippen molar-refractivity contribution in [3.8, 4) is 5.69 Å². The molecule has 5 heteroatoms. The molecular weight excluding hydrogens is 326 g/mol. The van der Waals surface area contributed by atoms with Crippen LogP contribution in [0.3, 0.4) is 0 Å². The number of furan rings is 1. The van der Waals surface area contributed by atoms with Crippen LogP contribution in [0.5, 0.6) is 0 Å². The quantitative estimate of drug-likeness (QED) is 0.688. The Bertz CT molecular complexity index is 924. The lowest BCUT2D eigenvalue weighted by atomic mass is 10.3. The molecule has 0 aliphatic heterocycles. The Kier molecular flexibility index (Phi) is 4.44. The van der Waals surface area contributed by atoms with E-state index >= 15 is 0 Å². The highest BCUT2D eigenvalue weighted by Gasteiger charge is 2.36. The maximum absolute atomic E-state index is 12.0. The molecule has 3 aromatic rings. The van der Waals surface area contributed by atoms with Gasteiger partial charge in [-0.1, -0.05) is 25.1 Å². The van der Waals surface area contributed by atoms with E-state index in [1.165, 1.54) is 12.5 Å². The monoisotopic (exact) mass is 347 g/mol. The van der Waals surface area contributed by atoms with Crippen molar-refractivity contribution in [1.29, 1.82) is 0 Å². The average molecular weight is 347 g/mol. The molecule has 1 aliphatic carbocycles. The molecule has 0 spiro atoms. The number of nitrogens with one attached hydrogen (secondary N) is 1. The third kappa shape index (κ3) is 3.77. The second-order valence-corrected chi connectivity index (χ2v) is 6.74. The molecule has 5 nitrogen and oxygen atoms in total. The van der Waals surface area contributed by atoms with Gasteiger partial charge in [0, 0.05) is 30.3 Å². The number of nitrogens with zero attached hydrogens (tertiary/aromatic N) is 2. The van der Waals surface area contributed by atoms with Gasteiger partial charge in [-0.2, -0.15) is 5.10 Å². The molecule has 2 unspecified atom stereocenters. The zero-order valence-corrected chi connectivity index (χ0v) is 14.6. The van der Waals surface area contributed by atoms with Crippen LogP contribution in [0.1, 0.15) is 36.3 Å². The Balaban J connectivity index is 1.30. The zero-order chi connectivity index (χ0) is 17.9. The molecule has 0 bridgehead atoms. The van der Waals surface area contributed by atoms with Crippen LogP contribution in [-0.2, 0) is 11.3 Å². The van der Waals surface area contributed by atoms with Crippen LogP contribution in [0, 0.1) is 5.92 Å². The Morgan fingerprint density at radius 2 is 2.12 bits per heavy atom. The number of hydrogen-bond donors (Lipinski definition) is 1. The largest absolute Gasteiger partial charge is 0.461 e. The summed E-state index contributed by atoms with van der Waals surface area (Å²) in [4.78, 5) is 12.0. The van der Waals surface area contributed by atoms with Crippen molar-refractivity contribution >= 4 is 12.0 Å². The van der Waals surface area contributed by atoms with Crippen molar-refractivity contribution in [3.63, 3.8) is 0 Å². The molecule has 2 heterocycles. The standard InChI is InChI=1S/C21H21N3O2/c1-15-11-19(15)20-9-7-18(26-20)8-10-21(25)22-12-16-13-23-24(14-16)17-5-3-2-4-6-17/h2-10,13-15,19H,11-12H2,1H3,(H,22,25)/b10-8+. The number of para-hydroxylation sites is 1. The van der Waals surface area contributed by atoms with Gasteiger partial charge in [0.25, 0.3) is 0 Å². The van der Waals surface area contributed by atoms with Crippen molar-refractivity contribution < 1.29 is 9.21 Å². The Morgan fingerprint density at radius 1 is 1.31 bits per heavy atom. The lowest BCUT2D eigenvalue weighted by Gasteiger charge is -2.00. The van der Waals surface area contributed by atoms with Crippen LogP contribution in [0.15, 0.2) is 65.4 Å². The summed E-state index contributed by atoms with van der Waals surface area (Å²) in [7, 11) is 0. The van der Waals surface area contributed by atoms with Gasteiger partial charge < -0.3 is 9.73 Å². The highest BCUT2D eigenvalue weighted by atomic mass is 16.3. The van der Waals surface area contributed by atoms with Gasteiger partial charge >= 0.3 is 0 Å². The number of carbonyl (C=O) groups excluding carboxylic acids is 1. The van der Waals surface area contributed by atoms with E-state index in [9.17, 15) is 4.79 Å². The van der Waals surface area contributed by atoms with Gasteiger partial charge in [0.15, 0.2) is 0 Å². The zero-order valence-electron chi connectivity index (χ0n) is 14.6. The highest BCUT2D eigenvalue weighted by molar-refractivity contribution is 5.91. The van der Waals surface area contributed by atoms with Crippen molar-refractivity contribution in [1.82, 2.24) is 15.1 Å². The molecule has 4 rings (SSSR count). The summed E-state index contributed by atoms with van der Waals surface area (Å²) in [5.41, 5.74) is 1.93. The van der Waals surface area contributed by atoms with Gasteiger partial charge in [0.1, 0.15) is 11.5 Å². The molecular formula is C21H21N3O2. The lowest BCUT2D eigenvalue weighted by Crippen LogP contribution is -2.19. The maximum Gasteiger partial charge on any atom is 0.244 e. The minimum absolute atomic E-state index is 0.157. The second-order valence-electron chi connectivity index (χ2n) is 6.74. The van der Waals surface area contributed by atoms with Crippen LogP contribution in [0.2, 0.25) is 0 Å². The van der Waals surface area contributed by atoms with Crippen molar-refractivity contribution in [3.05, 3.63) is 78.0 Å². The van der Waals surface area contributed by atoms with E-state index in [-0.39, 0.29) is 5.91 Å². The molecule has 132 valence electrons. The first kappa shape index (κ1) is 16.4. The first-order valence-corrected chi connectivity index (χ1v) is 8.83. The van der Waals surface area contributed by atoms with E-state index in [2.05, 4.69) is 17.3 Å². The molecule has 2 aromatic heterocycles. The Morgan fingerprint density at radius 3 is 2.88 bits per heavy atom. The lowest BCUT2D eigenvalue weighted by molar-refractivity contribution is -0.116. The molecule has 1 saturated carbocycles. The summed E-state index contributed by atoms with van der Waals surface area (Å²) >= 11 is 0. The predicted octanol–water partition coefficient (Wildman–Crippen LogP) is 3.92. The Labute approximate surface area is 152 Å². The molecule has 1 aromatic carbocycles. The molecule has 1 amide bonds.